The largest absolute Gasteiger partial charge is 0.488 e. The first kappa shape index (κ1) is 29.2. The van der Waals surface area contributed by atoms with Gasteiger partial charge in [-0.1, -0.05) is 62.4 Å². The summed E-state index contributed by atoms with van der Waals surface area (Å²) in [5.41, 5.74) is 0. The van der Waals surface area contributed by atoms with Gasteiger partial charge in [-0.25, -0.2) is 0 Å². The first-order valence-corrected chi connectivity index (χ1v) is 13.1. The van der Waals surface area contributed by atoms with E-state index in [1.165, 1.54) is 0 Å². The lowest BCUT2D eigenvalue weighted by atomic mass is 10.0. The van der Waals surface area contributed by atoms with Gasteiger partial charge >= 0.3 is 11.9 Å². The maximum absolute atomic E-state index is 12.1. The molecule has 2 unspecified atom stereocenters. The average molecular weight is 527 g/mol. The molecule has 0 fully saturated rings. The predicted octanol–water partition coefficient (Wildman–Crippen LogP) is 5.47. The molecule has 0 saturated heterocycles. The Kier molecular flexibility index (Phi) is 11.6. The molecule has 206 valence electrons. The molecule has 3 aromatic rings. The number of carbonyl (C=O) groups is 2. The fourth-order valence-electron chi connectivity index (χ4n) is 4.21. The van der Waals surface area contributed by atoms with E-state index in [9.17, 15) is 9.59 Å². The molecule has 3 aromatic carbocycles. The zero-order chi connectivity index (χ0) is 27.3. The van der Waals surface area contributed by atoms with Crippen molar-refractivity contribution in [3.05, 3.63) is 48.5 Å². The maximum Gasteiger partial charge on any atom is 0.306 e. The molecule has 0 N–H and O–H groups in total. The second-order valence-electron chi connectivity index (χ2n) is 9.01. The summed E-state index contributed by atoms with van der Waals surface area (Å²) in [5.74, 6) is 0.779. The third-order valence-corrected chi connectivity index (χ3v) is 5.87. The molecule has 0 heterocycles. The molecule has 38 heavy (non-hydrogen) atoms. The van der Waals surface area contributed by atoms with Gasteiger partial charge in [0.25, 0.3) is 0 Å². The van der Waals surface area contributed by atoms with Crippen LogP contribution in [0.4, 0.5) is 0 Å². The fourth-order valence-corrected chi connectivity index (χ4v) is 4.21. The Balaban J connectivity index is 1.93. The van der Waals surface area contributed by atoms with Crippen LogP contribution >= 0.6 is 0 Å². The van der Waals surface area contributed by atoms with Crippen molar-refractivity contribution in [3.63, 3.8) is 0 Å². The van der Waals surface area contributed by atoms with E-state index < -0.39 is 12.2 Å². The fraction of sp³-hybridized carbons (Fsp3) is 0.467. The number of fused-ring (bicyclic) bond motifs is 2. The van der Waals surface area contributed by atoms with Gasteiger partial charge in [-0.05, 0) is 12.8 Å². The number of esters is 2. The number of benzene rings is 3. The second kappa shape index (κ2) is 15.1. The van der Waals surface area contributed by atoms with Crippen LogP contribution in [0.1, 0.15) is 39.5 Å². The van der Waals surface area contributed by atoms with E-state index in [1.807, 2.05) is 62.4 Å². The molecule has 0 spiro atoms. The van der Waals surface area contributed by atoms with E-state index in [-0.39, 0.29) is 38.4 Å². The van der Waals surface area contributed by atoms with Crippen molar-refractivity contribution >= 4 is 33.5 Å². The van der Waals surface area contributed by atoms with E-state index in [1.54, 1.807) is 14.2 Å². The monoisotopic (exact) mass is 526 g/mol. The maximum atomic E-state index is 12.1. The minimum Gasteiger partial charge on any atom is -0.488 e. The van der Waals surface area contributed by atoms with Gasteiger partial charge in [-0.15, -0.1) is 0 Å². The Bertz CT molecular complexity index is 1040. The van der Waals surface area contributed by atoms with Crippen LogP contribution in [0.5, 0.6) is 11.5 Å². The molecule has 0 radical (unpaired) electrons. The summed E-state index contributed by atoms with van der Waals surface area (Å²) in [6, 6.07) is 15.6. The second-order valence-corrected chi connectivity index (χ2v) is 9.01. The van der Waals surface area contributed by atoms with Crippen molar-refractivity contribution < 1.29 is 38.0 Å². The number of hydrogen-bond donors (Lipinski definition) is 0. The number of hydrogen-bond acceptors (Lipinski definition) is 8. The van der Waals surface area contributed by atoms with Gasteiger partial charge < -0.3 is 28.4 Å². The lowest BCUT2D eigenvalue weighted by Gasteiger charge is -2.22. The smallest absolute Gasteiger partial charge is 0.306 e. The topological polar surface area (TPSA) is 89.5 Å². The van der Waals surface area contributed by atoms with Crippen molar-refractivity contribution in [1.29, 1.82) is 0 Å². The average Bonchev–Trinajstić information content (AvgIpc) is 2.90. The highest BCUT2D eigenvalue weighted by molar-refractivity contribution is 6.11. The first-order chi connectivity index (χ1) is 18.5. The van der Waals surface area contributed by atoms with Gasteiger partial charge in [0.15, 0.2) is 12.2 Å². The Morgan fingerprint density at radius 2 is 0.947 bits per heavy atom. The highest BCUT2D eigenvalue weighted by Gasteiger charge is 2.21. The van der Waals surface area contributed by atoms with E-state index >= 15 is 0 Å². The SMILES string of the molecule is CCCC(=O)OC(COC)COc1c2ccccc2c(OCC(COC)OC(=O)CCC)c2ccccc12. The minimum atomic E-state index is -0.542. The van der Waals surface area contributed by atoms with Crippen LogP contribution in [0.2, 0.25) is 0 Å². The molecule has 2 atom stereocenters. The van der Waals surface area contributed by atoms with Crippen LogP contribution in [0.15, 0.2) is 48.5 Å². The summed E-state index contributed by atoms with van der Waals surface area (Å²) in [6.07, 6.45) is 1.02. The zero-order valence-corrected chi connectivity index (χ0v) is 22.7. The van der Waals surface area contributed by atoms with Crippen molar-refractivity contribution in [3.8, 4) is 11.5 Å². The number of rotatable bonds is 16. The van der Waals surface area contributed by atoms with Gasteiger partial charge in [0, 0.05) is 48.6 Å². The van der Waals surface area contributed by atoms with E-state index in [0.29, 0.717) is 37.2 Å². The Morgan fingerprint density at radius 1 is 0.605 bits per heavy atom. The predicted molar refractivity (Wildman–Crippen MR) is 146 cm³/mol. The van der Waals surface area contributed by atoms with Crippen molar-refractivity contribution in [2.24, 2.45) is 0 Å². The lowest BCUT2D eigenvalue weighted by Crippen LogP contribution is -2.29. The third kappa shape index (κ3) is 7.82. The quantitative estimate of drug-likeness (QED) is 0.179. The molecule has 0 bridgehead atoms. The van der Waals surface area contributed by atoms with Gasteiger partial charge in [0.2, 0.25) is 0 Å². The molecule has 0 aliphatic carbocycles. The molecular formula is C30H38O8. The van der Waals surface area contributed by atoms with Crippen LogP contribution in [0.25, 0.3) is 21.5 Å². The van der Waals surface area contributed by atoms with Crippen molar-refractivity contribution in [2.75, 3.05) is 40.6 Å². The molecule has 0 aliphatic rings. The molecule has 0 amide bonds. The van der Waals surface area contributed by atoms with Crippen molar-refractivity contribution in [1.82, 2.24) is 0 Å². The Morgan fingerprint density at radius 3 is 1.24 bits per heavy atom. The molecule has 0 saturated carbocycles. The van der Waals surface area contributed by atoms with E-state index in [4.69, 9.17) is 28.4 Å². The van der Waals surface area contributed by atoms with Gasteiger partial charge in [-0.2, -0.15) is 0 Å². The number of carbonyl (C=O) groups excluding carboxylic acids is 2. The summed E-state index contributed by atoms with van der Waals surface area (Å²) < 4.78 is 34.3. The highest BCUT2D eigenvalue weighted by atomic mass is 16.6. The van der Waals surface area contributed by atoms with Crippen LogP contribution in [0, 0.1) is 0 Å². The van der Waals surface area contributed by atoms with E-state index in [2.05, 4.69) is 0 Å². The summed E-state index contributed by atoms with van der Waals surface area (Å²) in [7, 11) is 3.13. The van der Waals surface area contributed by atoms with Crippen LogP contribution in [-0.4, -0.2) is 64.8 Å². The molecule has 8 nitrogen and oxygen atoms in total. The highest BCUT2D eigenvalue weighted by Crippen LogP contribution is 2.42. The number of methoxy groups -OCH3 is 2. The lowest BCUT2D eigenvalue weighted by molar-refractivity contribution is -0.154. The number of ether oxygens (including phenoxy) is 6. The Labute approximate surface area is 224 Å². The zero-order valence-electron chi connectivity index (χ0n) is 22.7. The third-order valence-electron chi connectivity index (χ3n) is 5.87. The Hall–Kier alpha value is -3.36. The first-order valence-electron chi connectivity index (χ1n) is 13.1. The van der Waals surface area contributed by atoms with Crippen LogP contribution < -0.4 is 9.47 Å². The standard InChI is InChI=1S/C30H38O8/c1-5-11-27(31)37-21(17-33-3)19-35-29-23-13-7-9-15-25(23)30(26-16-10-8-14-24(26)29)36-20-22(18-34-4)38-28(32)12-6-2/h7-10,13-16,21-22H,5-6,11-12,17-20H2,1-4H3. The van der Waals surface area contributed by atoms with Crippen molar-refractivity contribution in [2.45, 2.75) is 51.7 Å². The van der Waals surface area contributed by atoms with Gasteiger partial charge in [0.1, 0.15) is 24.7 Å². The van der Waals surface area contributed by atoms with Crippen LogP contribution in [0.3, 0.4) is 0 Å². The molecular weight excluding hydrogens is 488 g/mol. The molecule has 0 aliphatic heterocycles. The molecule has 8 heteroatoms. The molecule has 0 aromatic heterocycles. The van der Waals surface area contributed by atoms with Gasteiger partial charge in [-0.3, -0.25) is 9.59 Å². The summed E-state index contributed by atoms with van der Waals surface area (Å²) in [4.78, 5) is 24.2. The molecule has 3 rings (SSSR count). The normalized spacial score (nSPS) is 12.7. The van der Waals surface area contributed by atoms with Gasteiger partial charge in [0.05, 0.1) is 13.2 Å². The summed E-state index contributed by atoms with van der Waals surface area (Å²) in [6.45, 7) is 4.59. The van der Waals surface area contributed by atoms with E-state index in [0.717, 1.165) is 21.5 Å². The van der Waals surface area contributed by atoms with Crippen LogP contribution in [-0.2, 0) is 28.5 Å². The summed E-state index contributed by atoms with van der Waals surface area (Å²) in [5, 5.41) is 3.40. The minimum absolute atomic E-state index is 0.140. The summed E-state index contributed by atoms with van der Waals surface area (Å²) >= 11 is 0.